The van der Waals surface area contributed by atoms with Crippen molar-refractivity contribution in [1.82, 2.24) is 9.88 Å². The highest BCUT2D eigenvalue weighted by atomic mass is 35.5. The van der Waals surface area contributed by atoms with Crippen molar-refractivity contribution in [3.05, 3.63) is 41.0 Å². The summed E-state index contributed by atoms with van der Waals surface area (Å²) in [6.45, 7) is 2.81. The van der Waals surface area contributed by atoms with Crippen LogP contribution in [0, 0.1) is 0 Å². The third kappa shape index (κ3) is 3.97. The first kappa shape index (κ1) is 15.7. The Morgan fingerprint density at radius 3 is 3.00 bits per heavy atom. The van der Waals surface area contributed by atoms with Gasteiger partial charge in [0, 0.05) is 25.1 Å². The van der Waals surface area contributed by atoms with Crippen molar-refractivity contribution in [3.63, 3.8) is 0 Å². The third-order valence-corrected chi connectivity index (χ3v) is 4.57. The molecule has 4 heteroatoms. The SMILES string of the molecule is CN(CC[C@@H]1CCCCO1)Cc1ccc2cccc(Cl)c2n1. The van der Waals surface area contributed by atoms with Crippen molar-refractivity contribution in [2.75, 3.05) is 20.2 Å². The van der Waals surface area contributed by atoms with Gasteiger partial charge < -0.3 is 9.64 Å². The molecule has 3 nitrogen and oxygen atoms in total. The molecule has 0 bridgehead atoms. The monoisotopic (exact) mass is 318 g/mol. The van der Waals surface area contributed by atoms with Gasteiger partial charge in [0.15, 0.2) is 0 Å². The summed E-state index contributed by atoms with van der Waals surface area (Å²) in [5.74, 6) is 0. The van der Waals surface area contributed by atoms with Crippen LogP contribution < -0.4 is 0 Å². The lowest BCUT2D eigenvalue weighted by Crippen LogP contribution is -2.27. The van der Waals surface area contributed by atoms with Crippen LogP contribution in [-0.2, 0) is 11.3 Å². The van der Waals surface area contributed by atoms with Crippen LogP contribution in [0.1, 0.15) is 31.4 Å². The van der Waals surface area contributed by atoms with E-state index in [9.17, 15) is 0 Å². The molecule has 0 spiro atoms. The second kappa shape index (κ2) is 7.40. The Morgan fingerprint density at radius 1 is 1.27 bits per heavy atom. The van der Waals surface area contributed by atoms with Crippen LogP contribution in [0.2, 0.25) is 5.02 Å². The van der Waals surface area contributed by atoms with Gasteiger partial charge in [-0.25, -0.2) is 4.98 Å². The van der Waals surface area contributed by atoms with E-state index in [-0.39, 0.29) is 0 Å². The van der Waals surface area contributed by atoms with Crippen LogP contribution in [0.3, 0.4) is 0 Å². The molecule has 1 aromatic heterocycles. The highest BCUT2D eigenvalue weighted by molar-refractivity contribution is 6.35. The van der Waals surface area contributed by atoms with E-state index in [2.05, 4.69) is 24.1 Å². The average Bonchev–Trinajstić information content (AvgIpc) is 2.55. The maximum atomic E-state index is 6.24. The molecule has 22 heavy (non-hydrogen) atoms. The van der Waals surface area contributed by atoms with Crippen molar-refractivity contribution in [2.24, 2.45) is 0 Å². The lowest BCUT2D eigenvalue weighted by atomic mass is 10.1. The number of aromatic nitrogens is 1. The summed E-state index contributed by atoms with van der Waals surface area (Å²) in [4.78, 5) is 7.01. The minimum Gasteiger partial charge on any atom is -0.378 e. The van der Waals surface area contributed by atoms with Crippen LogP contribution in [-0.4, -0.2) is 36.2 Å². The largest absolute Gasteiger partial charge is 0.378 e. The van der Waals surface area contributed by atoms with Gasteiger partial charge in [-0.15, -0.1) is 0 Å². The number of benzene rings is 1. The zero-order chi connectivity index (χ0) is 15.4. The van der Waals surface area contributed by atoms with Crippen LogP contribution in [0.5, 0.6) is 0 Å². The maximum absolute atomic E-state index is 6.24. The first-order chi connectivity index (χ1) is 10.7. The maximum Gasteiger partial charge on any atom is 0.0891 e. The lowest BCUT2D eigenvalue weighted by Gasteiger charge is -2.25. The van der Waals surface area contributed by atoms with Gasteiger partial charge >= 0.3 is 0 Å². The summed E-state index contributed by atoms with van der Waals surface area (Å²) in [7, 11) is 2.14. The quantitative estimate of drug-likeness (QED) is 0.822. The van der Waals surface area contributed by atoms with Crippen LogP contribution >= 0.6 is 11.6 Å². The highest BCUT2D eigenvalue weighted by Crippen LogP contribution is 2.22. The number of hydrogen-bond donors (Lipinski definition) is 0. The third-order valence-electron chi connectivity index (χ3n) is 4.27. The van der Waals surface area contributed by atoms with E-state index in [1.54, 1.807) is 0 Å². The van der Waals surface area contributed by atoms with Gasteiger partial charge in [-0.2, -0.15) is 0 Å². The van der Waals surface area contributed by atoms with Crippen molar-refractivity contribution in [1.29, 1.82) is 0 Å². The topological polar surface area (TPSA) is 25.4 Å². The predicted molar refractivity (Wildman–Crippen MR) is 91.3 cm³/mol. The van der Waals surface area contributed by atoms with E-state index < -0.39 is 0 Å². The molecule has 1 atom stereocenters. The van der Waals surface area contributed by atoms with E-state index >= 15 is 0 Å². The fourth-order valence-corrected chi connectivity index (χ4v) is 3.22. The second-order valence-corrected chi connectivity index (χ2v) is 6.54. The molecule has 0 saturated carbocycles. The minimum atomic E-state index is 0.440. The molecule has 0 amide bonds. The van der Waals surface area contributed by atoms with Crippen molar-refractivity contribution in [3.8, 4) is 0 Å². The summed E-state index contributed by atoms with van der Waals surface area (Å²) < 4.78 is 5.79. The second-order valence-electron chi connectivity index (χ2n) is 6.13. The van der Waals surface area contributed by atoms with E-state index in [4.69, 9.17) is 21.3 Å². The van der Waals surface area contributed by atoms with E-state index in [1.807, 2.05) is 18.2 Å². The van der Waals surface area contributed by atoms with E-state index in [0.717, 1.165) is 47.7 Å². The zero-order valence-corrected chi connectivity index (χ0v) is 13.9. The molecule has 0 aliphatic carbocycles. The predicted octanol–water partition coefficient (Wildman–Crippen LogP) is 4.28. The average molecular weight is 319 g/mol. The standard InChI is InChI=1S/C18H23ClN2O/c1-21(11-10-16-6-2-3-12-22-16)13-15-9-8-14-5-4-7-17(19)18(14)20-15/h4-5,7-9,16H,2-3,6,10-13H2,1H3/t16-/m0/s1. The first-order valence-electron chi connectivity index (χ1n) is 8.06. The Labute approximate surface area is 137 Å². The van der Waals surface area contributed by atoms with Crippen molar-refractivity contribution >= 4 is 22.5 Å². The van der Waals surface area contributed by atoms with Crippen LogP contribution in [0.25, 0.3) is 10.9 Å². The number of hydrogen-bond acceptors (Lipinski definition) is 3. The Bertz CT molecular complexity index is 626. The number of pyridine rings is 1. The molecule has 1 aromatic carbocycles. The van der Waals surface area contributed by atoms with Crippen molar-refractivity contribution in [2.45, 2.75) is 38.3 Å². The van der Waals surface area contributed by atoms with Gasteiger partial charge in [-0.05, 0) is 44.9 Å². The van der Waals surface area contributed by atoms with Gasteiger partial charge in [-0.3, -0.25) is 0 Å². The van der Waals surface area contributed by atoms with Gasteiger partial charge in [0.25, 0.3) is 0 Å². The molecule has 0 radical (unpaired) electrons. The number of nitrogens with zero attached hydrogens (tertiary/aromatic N) is 2. The molecular weight excluding hydrogens is 296 g/mol. The number of ether oxygens (including phenoxy) is 1. The lowest BCUT2D eigenvalue weighted by molar-refractivity contribution is 0.00636. The van der Waals surface area contributed by atoms with Gasteiger partial charge in [0.1, 0.15) is 0 Å². The molecule has 2 aromatic rings. The summed E-state index contributed by atoms with van der Waals surface area (Å²) in [5.41, 5.74) is 1.96. The molecular formula is C18H23ClN2O. The number of para-hydroxylation sites is 1. The summed E-state index contributed by atoms with van der Waals surface area (Å²) in [6, 6.07) is 10.1. The fraction of sp³-hybridized carbons (Fsp3) is 0.500. The molecule has 3 rings (SSSR count). The summed E-state index contributed by atoms with van der Waals surface area (Å²) >= 11 is 6.24. The Balaban J connectivity index is 1.58. The minimum absolute atomic E-state index is 0.440. The fourth-order valence-electron chi connectivity index (χ4n) is 2.99. The molecule has 1 aliphatic rings. The normalized spacial score (nSPS) is 19.0. The number of halogens is 1. The molecule has 1 aliphatic heterocycles. The van der Waals surface area contributed by atoms with Crippen LogP contribution in [0.4, 0.5) is 0 Å². The molecule has 1 saturated heterocycles. The molecule has 2 heterocycles. The first-order valence-corrected chi connectivity index (χ1v) is 8.44. The Morgan fingerprint density at radius 2 is 2.18 bits per heavy atom. The summed E-state index contributed by atoms with van der Waals surface area (Å²) in [6.07, 6.45) is 5.27. The zero-order valence-electron chi connectivity index (χ0n) is 13.1. The highest BCUT2D eigenvalue weighted by Gasteiger charge is 2.14. The van der Waals surface area contributed by atoms with E-state index in [0.29, 0.717) is 6.10 Å². The van der Waals surface area contributed by atoms with E-state index in [1.165, 1.54) is 19.3 Å². The van der Waals surface area contributed by atoms with Gasteiger partial charge in [0.2, 0.25) is 0 Å². The molecule has 0 unspecified atom stereocenters. The number of fused-ring (bicyclic) bond motifs is 1. The molecule has 0 N–H and O–H groups in total. The van der Waals surface area contributed by atoms with Crippen molar-refractivity contribution < 1.29 is 4.74 Å². The van der Waals surface area contributed by atoms with Crippen LogP contribution in [0.15, 0.2) is 30.3 Å². The van der Waals surface area contributed by atoms with Gasteiger partial charge in [-0.1, -0.05) is 29.8 Å². The smallest absolute Gasteiger partial charge is 0.0891 e. The molecule has 118 valence electrons. The summed E-state index contributed by atoms with van der Waals surface area (Å²) in [5, 5.41) is 1.81. The Kier molecular flexibility index (Phi) is 5.29. The number of rotatable bonds is 5. The Hall–Kier alpha value is -1.16. The van der Waals surface area contributed by atoms with Gasteiger partial charge in [0.05, 0.1) is 22.3 Å². The molecule has 1 fully saturated rings.